The van der Waals surface area contributed by atoms with Crippen molar-refractivity contribution < 1.29 is 9.53 Å². The number of benzene rings is 1. The molecule has 1 aromatic rings. The summed E-state index contributed by atoms with van der Waals surface area (Å²) >= 11 is 5.95. The standard InChI is InChI=1S/C12H13ClO2/c1-15-12-5-4-9(7-10(12)13)11(14)6-8-2-3-8/h4-5,7-8H,2-3,6H2,1H3. The molecule has 2 rings (SSSR count). The minimum absolute atomic E-state index is 0.182. The molecular formula is C12H13ClO2. The highest BCUT2D eigenvalue weighted by Crippen LogP contribution is 2.34. The smallest absolute Gasteiger partial charge is 0.163 e. The molecule has 80 valence electrons. The van der Waals surface area contributed by atoms with E-state index in [0.717, 1.165) is 0 Å². The van der Waals surface area contributed by atoms with Crippen molar-refractivity contribution in [2.24, 2.45) is 5.92 Å². The zero-order chi connectivity index (χ0) is 10.8. The van der Waals surface area contributed by atoms with E-state index >= 15 is 0 Å². The maximum atomic E-state index is 11.7. The van der Waals surface area contributed by atoms with E-state index in [9.17, 15) is 4.79 Å². The topological polar surface area (TPSA) is 26.3 Å². The molecule has 0 bridgehead atoms. The Bertz CT molecular complexity index is 383. The van der Waals surface area contributed by atoms with E-state index in [1.165, 1.54) is 12.8 Å². The van der Waals surface area contributed by atoms with Crippen LogP contribution in [0.25, 0.3) is 0 Å². The van der Waals surface area contributed by atoms with Gasteiger partial charge in [-0.15, -0.1) is 0 Å². The molecule has 15 heavy (non-hydrogen) atoms. The number of ether oxygens (including phenoxy) is 1. The molecule has 1 aromatic carbocycles. The molecule has 1 aliphatic carbocycles. The average Bonchev–Trinajstić information content (AvgIpc) is 3.01. The van der Waals surface area contributed by atoms with E-state index in [2.05, 4.69) is 0 Å². The number of hydrogen-bond donors (Lipinski definition) is 0. The van der Waals surface area contributed by atoms with Crippen molar-refractivity contribution in [2.45, 2.75) is 19.3 Å². The highest BCUT2D eigenvalue weighted by Gasteiger charge is 2.25. The molecule has 0 radical (unpaired) electrons. The molecule has 0 saturated heterocycles. The predicted molar refractivity (Wildman–Crippen MR) is 59.7 cm³/mol. The summed E-state index contributed by atoms with van der Waals surface area (Å²) in [4.78, 5) is 11.7. The van der Waals surface area contributed by atoms with Crippen molar-refractivity contribution in [2.75, 3.05) is 7.11 Å². The van der Waals surface area contributed by atoms with Crippen LogP contribution in [0.15, 0.2) is 18.2 Å². The van der Waals surface area contributed by atoms with Gasteiger partial charge in [0.2, 0.25) is 0 Å². The zero-order valence-corrected chi connectivity index (χ0v) is 9.38. The van der Waals surface area contributed by atoms with Crippen molar-refractivity contribution in [3.63, 3.8) is 0 Å². The second kappa shape index (κ2) is 4.23. The molecule has 1 aliphatic rings. The van der Waals surface area contributed by atoms with Crippen molar-refractivity contribution in [3.05, 3.63) is 28.8 Å². The van der Waals surface area contributed by atoms with Gasteiger partial charge in [0, 0.05) is 12.0 Å². The third kappa shape index (κ3) is 2.51. The number of Topliss-reactive ketones (excluding diaryl/α,β-unsaturated/α-hetero) is 1. The first-order chi connectivity index (χ1) is 7.20. The number of rotatable bonds is 4. The Morgan fingerprint density at radius 1 is 1.53 bits per heavy atom. The Morgan fingerprint density at radius 2 is 2.27 bits per heavy atom. The summed E-state index contributed by atoms with van der Waals surface area (Å²) in [6.07, 6.45) is 3.04. The van der Waals surface area contributed by atoms with Crippen LogP contribution >= 0.6 is 11.6 Å². The summed E-state index contributed by atoms with van der Waals surface area (Å²) in [5.74, 6) is 1.40. The SMILES string of the molecule is COc1ccc(C(=O)CC2CC2)cc1Cl. The zero-order valence-electron chi connectivity index (χ0n) is 8.63. The molecule has 0 aromatic heterocycles. The third-order valence-corrected chi connectivity index (χ3v) is 2.94. The Labute approximate surface area is 94.2 Å². The van der Waals surface area contributed by atoms with Crippen LogP contribution in [-0.2, 0) is 0 Å². The first kappa shape index (κ1) is 10.5. The second-order valence-corrected chi connectivity index (χ2v) is 4.33. The average molecular weight is 225 g/mol. The number of carbonyl (C=O) groups excluding carboxylic acids is 1. The molecule has 0 unspecified atom stereocenters. The van der Waals surface area contributed by atoms with Crippen LogP contribution in [0.4, 0.5) is 0 Å². The monoisotopic (exact) mass is 224 g/mol. The van der Waals surface area contributed by atoms with Crippen molar-refractivity contribution in [3.8, 4) is 5.75 Å². The minimum Gasteiger partial charge on any atom is -0.495 e. The summed E-state index contributed by atoms with van der Waals surface area (Å²) < 4.78 is 5.03. The molecule has 0 aliphatic heterocycles. The Hall–Kier alpha value is -1.02. The quantitative estimate of drug-likeness (QED) is 0.734. The largest absolute Gasteiger partial charge is 0.495 e. The third-order valence-electron chi connectivity index (χ3n) is 2.64. The number of methoxy groups -OCH3 is 1. The molecule has 0 amide bonds. The lowest BCUT2D eigenvalue weighted by atomic mass is 10.1. The van der Waals surface area contributed by atoms with Crippen LogP contribution in [-0.4, -0.2) is 12.9 Å². The predicted octanol–water partition coefficient (Wildman–Crippen LogP) is 3.33. The molecule has 0 atom stereocenters. The van der Waals surface area contributed by atoms with E-state index in [1.807, 2.05) is 0 Å². The summed E-state index contributed by atoms with van der Waals surface area (Å²) in [5.41, 5.74) is 0.688. The summed E-state index contributed by atoms with van der Waals surface area (Å²) in [6, 6.07) is 5.20. The molecule has 1 fully saturated rings. The van der Waals surface area contributed by atoms with E-state index in [0.29, 0.717) is 28.7 Å². The molecule has 2 nitrogen and oxygen atoms in total. The van der Waals surface area contributed by atoms with Crippen LogP contribution in [0.5, 0.6) is 5.75 Å². The van der Waals surface area contributed by atoms with Crippen LogP contribution in [0.3, 0.4) is 0 Å². The maximum absolute atomic E-state index is 11.7. The highest BCUT2D eigenvalue weighted by atomic mass is 35.5. The van der Waals surface area contributed by atoms with Crippen LogP contribution in [0.1, 0.15) is 29.6 Å². The lowest BCUT2D eigenvalue weighted by Crippen LogP contribution is -2.00. The van der Waals surface area contributed by atoms with E-state index in [-0.39, 0.29) is 5.78 Å². The van der Waals surface area contributed by atoms with Crippen LogP contribution < -0.4 is 4.74 Å². The number of carbonyl (C=O) groups is 1. The van der Waals surface area contributed by atoms with Gasteiger partial charge >= 0.3 is 0 Å². The van der Waals surface area contributed by atoms with Gasteiger partial charge in [-0.25, -0.2) is 0 Å². The maximum Gasteiger partial charge on any atom is 0.163 e. The Morgan fingerprint density at radius 3 is 2.80 bits per heavy atom. The molecule has 0 N–H and O–H groups in total. The van der Waals surface area contributed by atoms with Crippen molar-refractivity contribution >= 4 is 17.4 Å². The molecule has 1 saturated carbocycles. The van der Waals surface area contributed by atoms with Crippen molar-refractivity contribution in [1.82, 2.24) is 0 Å². The first-order valence-electron chi connectivity index (χ1n) is 5.07. The van der Waals surface area contributed by atoms with Gasteiger partial charge in [0.25, 0.3) is 0 Å². The molecule has 0 heterocycles. The molecule has 0 spiro atoms. The Balaban J connectivity index is 2.13. The minimum atomic E-state index is 0.182. The van der Waals surface area contributed by atoms with Gasteiger partial charge in [-0.1, -0.05) is 11.6 Å². The summed E-state index contributed by atoms with van der Waals surface area (Å²) in [6.45, 7) is 0. The molecular weight excluding hydrogens is 212 g/mol. The van der Waals surface area contributed by atoms with Gasteiger partial charge < -0.3 is 4.74 Å². The normalized spacial score (nSPS) is 15.1. The van der Waals surface area contributed by atoms with Gasteiger partial charge in [-0.3, -0.25) is 4.79 Å². The first-order valence-corrected chi connectivity index (χ1v) is 5.45. The van der Waals surface area contributed by atoms with Crippen LogP contribution in [0.2, 0.25) is 5.02 Å². The van der Waals surface area contributed by atoms with Gasteiger partial charge in [-0.05, 0) is 37.0 Å². The summed E-state index contributed by atoms with van der Waals surface area (Å²) in [5, 5.41) is 0.499. The van der Waals surface area contributed by atoms with Gasteiger partial charge in [0.05, 0.1) is 12.1 Å². The van der Waals surface area contributed by atoms with Crippen LogP contribution in [0, 0.1) is 5.92 Å². The van der Waals surface area contributed by atoms with E-state index in [1.54, 1.807) is 25.3 Å². The van der Waals surface area contributed by atoms with Gasteiger partial charge in [-0.2, -0.15) is 0 Å². The fourth-order valence-electron chi connectivity index (χ4n) is 1.54. The van der Waals surface area contributed by atoms with Gasteiger partial charge in [0.15, 0.2) is 5.78 Å². The lowest BCUT2D eigenvalue weighted by molar-refractivity contribution is 0.0976. The van der Waals surface area contributed by atoms with E-state index < -0.39 is 0 Å². The Kier molecular flexibility index (Phi) is 2.96. The highest BCUT2D eigenvalue weighted by molar-refractivity contribution is 6.32. The number of halogens is 1. The number of hydrogen-bond acceptors (Lipinski definition) is 2. The van der Waals surface area contributed by atoms with E-state index in [4.69, 9.17) is 16.3 Å². The summed E-state index contributed by atoms with van der Waals surface area (Å²) in [7, 11) is 1.56. The fourth-order valence-corrected chi connectivity index (χ4v) is 1.80. The number of ketones is 1. The van der Waals surface area contributed by atoms with Gasteiger partial charge in [0.1, 0.15) is 5.75 Å². The second-order valence-electron chi connectivity index (χ2n) is 3.92. The fraction of sp³-hybridized carbons (Fsp3) is 0.417. The lowest BCUT2D eigenvalue weighted by Gasteiger charge is -2.05. The van der Waals surface area contributed by atoms with Crippen molar-refractivity contribution in [1.29, 1.82) is 0 Å². The molecule has 3 heteroatoms.